The Hall–Kier alpha value is -1.44. The minimum absolute atomic E-state index is 0.0582. The van der Waals surface area contributed by atoms with Crippen LogP contribution in [0.5, 0.6) is 0 Å². The van der Waals surface area contributed by atoms with E-state index in [1.807, 2.05) is 0 Å². The van der Waals surface area contributed by atoms with Gasteiger partial charge in [0.1, 0.15) is 0 Å². The summed E-state index contributed by atoms with van der Waals surface area (Å²) in [5, 5.41) is 11.7. The van der Waals surface area contributed by atoms with Gasteiger partial charge in [-0.25, -0.2) is 8.42 Å². The van der Waals surface area contributed by atoms with Crippen LogP contribution >= 0.6 is 0 Å². The fraction of sp³-hybridized carbons (Fsp3) is 0.462. The molecule has 2 N–H and O–H groups in total. The van der Waals surface area contributed by atoms with E-state index in [-0.39, 0.29) is 36.4 Å². The van der Waals surface area contributed by atoms with Gasteiger partial charge in [0.05, 0.1) is 17.4 Å². The van der Waals surface area contributed by atoms with E-state index in [4.69, 9.17) is 5.11 Å². The Morgan fingerprint density at radius 2 is 2.10 bits per heavy atom. The molecule has 0 aromatic heterocycles. The molecule has 1 aliphatic rings. The Labute approximate surface area is 118 Å². The molecule has 0 fully saturated rings. The van der Waals surface area contributed by atoms with E-state index in [9.17, 15) is 13.2 Å². The van der Waals surface area contributed by atoms with Crippen molar-refractivity contribution in [2.45, 2.75) is 24.7 Å². The molecule has 1 amide bonds. The van der Waals surface area contributed by atoms with Crippen molar-refractivity contribution in [2.24, 2.45) is 0 Å². The zero-order chi connectivity index (χ0) is 14.9. The van der Waals surface area contributed by atoms with Crippen LogP contribution in [0.3, 0.4) is 0 Å². The SMILES string of the molecule is CCN(CCO)S(=O)(=O)c1ccc2c(c1)C(C)C(=O)N2. The van der Waals surface area contributed by atoms with Crippen molar-refractivity contribution in [1.29, 1.82) is 0 Å². The van der Waals surface area contributed by atoms with Crippen LogP contribution < -0.4 is 5.32 Å². The van der Waals surface area contributed by atoms with Crippen LogP contribution in [0.25, 0.3) is 0 Å². The monoisotopic (exact) mass is 298 g/mol. The summed E-state index contributed by atoms with van der Waals surface area (Å²) in [6.45, 7) is 3.57. The van der Waals surface area contributed by atoms with Gasteiger partial charge in [-0.1, -0.05) is 6.92 Å². The van der Waals surface area contributed by atoms with Gasteiger partial charge in [0.15, 0.2) is 0 Å². The maximum absolute atomic E-state index is 12.5. The Balaban J connectivity index is 2.42. The Morgan fingerprint density at radius 3 is 2.70 bits per heavy atom. The van der Waals surface area contributed by atoms with Crippen molar-refractivity contribution in [3.05, 3.63) is 23.8 Å². The van der Waals surface area contributed by atoms with Crippen molar-refractivity contribution in [1.82, 2.24) is 4.31 Å². The molecule has 1 unspecified atom stereocenters. The smallest absolute Gasteiger partial charge is 0.243 e. The number of carbonyl (C=O) groups excluding carboxylic acids is 1. The van der Waals surface area contributed by atoms with Gasteiger partial charge in [-0.15, -0.1) is 0 Å². The summed E-state index contributed by atoms with van der Waals surface area (Å²) in [5.74, 6) is -0.481. The van der Waals surface area contributed by atoms with E-state index in [1.165, 1.54) is 16.4 Å². The standard InChI is InChI=1S/C13H18N2O4S/c1-3-15(6-7-16)20(18,19)10-4-5-12-11(8-10)9(2)13(17)14-12/h4-5,8-9,16H,3,6-7H2,1-2H3,(H,14,17). The number of hydrogen-bond acceptors (Lipinski definition) is 4. The van der Waals surface area contributed by atoms with E-state index >= 15 is 0 Å². The van der Waals surface area contributed by atoms with Crippen LogP contribution in [0, 0.1) is 0 Å². The predicted octanol–water partition coefficient (Wildman–Crippen LogP) is 0.745. The molecule has 0 saturated carbocycles. The lowest BCUT2D eigenvalue weighted by Crippen LogP contribution is -2.33. The van der Waals surface area contributed by atoms with Crippen LogP contribution in [0.2, 0.25) is 0 Å². The molecule has 0 bridgehead atoms. The third-order valence-corrected chi connectivity index (χ3v) is 5.45. The van der Waals surface area contributed by atoms with Gasteiger partial charge >= 0.3 is 0 Å². The molecule has 0 saturated heterocycles. The highest BCUT2D eigenvalue weighted by atomic mass is 32.2. The molecule has 0 radical (unpaired) electrons. The number of likely N-dealkylation sites (N-methyl/N-ethyl adjacent to an activating group) is 1. The van der Waals surface area contributed by atoms with Crippen molar-refractivity contribution in [2.75, 3.05) is 25.0 Å². The van der Waals surface area contributed by atoms with Crippen molar-refractivity contribution in [3.8, 4) is 0 Å². The van der Waals surface area contributed by atoms with E-state index in [0.29, 0.717) is 11.3 Å². The first-order chi connectivity index (χ1) is 9.41. The van der Waals surface area contributed by atoms with Crippen LogP contribution in [0.1, 0.15) is 25.3 Å². The third kappa shape index (κ3) is 2.44. The van der Waals surface area contributed by atoms with Gasteiger partial charge in [0.2, 0.25) is 15.9 Å². The molecule has 20 heavy (non-hydrogen) atoms. The summed E-state index contributed by atoms with van der Waals surface area (Å²) in [6.07, 6.45) is 0. The molecule has 110 valence electrons. The largest absolute Gasteiger partial charge is 0.395 e. The maximum atomic E-state index is 12.5. The molecule has 1 atom stereocenters. The van der Waals surface area contributed by atoms with Gasteiger partial charge in [0.25, 0.3) is 0 Å². The number of aliphatic hydroxyl groups excluding tert-OH is 1. The average molecular weight is 298 g/mol. The molecule has 0 spiro atoms. The van der Waals surface area contributed by atoms with Gasteiger partial charge in [-0.05, 0) is 30.7 Å². The van der Waals surface area contributed by atoms with Crippen LogP contribution in [0.15, 0.2) is 23.1 Å². The maximum Gasteiger partial charge on any atom is 0.243 e. The minimum Gasteiger partial charge on any atom is -0.395 e. The number of fused-ring (bicyclic) bond motifs is 1. The number of carbonyl (C=O) groups is 1. The van der Waals surface area contributed by atoms with Crippen molar-refractivity contribution < 1.29 is 18.3 Å². The highest BCUT2D eigenvalue weighted by Gasteiger charge is 2.30. The second kappa shape index (κ2) is 5.51. The molecular formula is C13H18N2O4S. The highest BCUT2D eigenvalue weighted by Crippen LogP contribution is 2.34. The van der Waals surface area contributed by atoms with Crippen molar-refractivity contribution >= 4 is 21.6 Å². The van der Waals surface area contributed by atoms with Gasteiger partial charge < -0.3 is 10.4 Å². The number of nitrogens with one attached hydrogen (secondary N) is 1. The quantitative estimate of drug-likeness (QED) is 0.839. The Morgan fingerprint density at radius 1 is 1.40 bits per heavy atom. The normalized spacial score (nSPS) is 18.2. The predicted molar refractivity (Wildman–Crippen MR) is 75.0 cm³/mol. The average Bonchev–Trinajstić information content (AvgIpc) is 2.71. The zero-order valence-corrected chi connectivity index (χ0v) is 12.3. The van der Waals surface area contributed by atoms with E-state index in [0.717, 1.165) is 0 Å². The number of aliphatic hydroxyl groups is 1. The first kappa shape index (κ1) is 15.0. The van der Waals surface area contributed by atoms with Crippen LogP contribution in [0.4, 0.5) is 5.69 Å². The van der Waals surface area contributed by atoms with Gasteiger partial charge in [-0.3, -0.25) is 4.79 Å². The number of anilines is 1. The fourth-order valence-electron chi connectivity index (χ4n) is 2.26. The fourth-order valence-corrected chi connectivity index (χ4v) is 3.74. The number of benzene rings is 1. The summed E-state index contributed by atoms with van der Waals surface area (Å²) in [6, 6.07) is 4.62. The molecule has 7 heteroatoms. The first-order valence-electron chi connectivity index (χ1n) is 6.47. The first-order valence-corrected chi connectivity index (χ1v) is 7.91. The second-order valence-electron chi connectivity index (χ2n) is 4.68. The minimum atomic E-state index is -3.64. The van der Waals surface area contributed by atoms with Gasteiger partial charge in [0, 0.05) is 18.8 Å². The molecule has 1 aliphatic heterocycles. The summed E-state index contributed by atoms with van der Waals surface area (Å²) in [7, 11) is -3.64. The third-order valence-electron chi connectivity index (χ3n) is 3.48. The molecular weight excluding hydrogens is 280 g/mol. The number of nitrogens with zero attached hydrogens (tertiary/aromatic N) is 1. The molecule has 2 rings (SSSR count). The van der Waals surface area contributed by atoms with E-state index in [1.54, 1.807) is 19.9 Å². The number of sulfonamides is 1. The van der Waals surface area contributed by atoms with E-state index in [2.05, 4.69) is 5.32 Å². The van der Waals surface area contributed by atoms with Crippen molar-refractivity contribution in [3.63, 3.8) is 0 Å². The lowest BCUT2D eigenvalue weighted by atomic mass is 10.0. The Kier molecular flexibility index (Phi) is 4.12. The van der Waals surface area contributed by atoms with Gasteiger partial charge in [-0.2, -0.15) is 4.31 Å². The number of rotatable bonds is 5. The molecule has 0 aliphatic carbocycles. The second-order valence-corrected chi connectivity index (χ2v) is 6.62. The highest BCUT2D eigenvalue weighted by molar-refractivity contribution is 7.89. The number of amides is 1. The van der Waals surface area contributed by atoms with Crippen LogP contribution in [-0.4, -0.2) is 43.4 Å². The molecule has 1 aromatic carbocycles. The molecule has 1 aromatic rings. The zero-order valence-electron chi connectivity index (χ0n) is 11.5. The summed E-state index contributed by atoms with van der Waals surface area (Å²) < 4.78 is 26.1. The summed E-state index contributed by atoms with van der Waals surface area (Å²) >= 11 is 0. The topological polar surface area (TPSA) is 86.7 Å². The van der Waals surface area contributed by atoms with E-state index < -0.39 is 10.0 Å². The summed E-state index contributed by atoms with van der Waals surface area (Å²) in [5.41, 5.74) is 1.35. The molecule has 6 nitrogen and oxygen atoms in total. The number of hydrogen-bond donors (Lipinski definition) is 2. The Bertz CT molecular complexity index is 627. The van der Waals surface area contributed by atoms with Crippen LogP contribution in [-0.2, 0) is 14.8 Å². The lowest BCUT2D eigenvalue weighted by molar-refractivity contribution is -0.116. The lowest BCUT2D eigenvalue weighted by Gasteiger charge is -2.19. The summed E-state index contributed by atoms with van der Waals surface area (Å²) in [4.78, 5) is 11.7. The molecule has 1 heterocycles.